The number of aromatic carboxylic acids is 1. The van der Waals surface area contributed by atoms with Crippen molar-refractivity contribution in [3.05, 3.63) is 59.2 Å². The monoisotopic (exact) mass is 378 g/mol. The van der Waals surface area contributed by atoms with Crippen molar-refractivity contribution in [1.29, 1.82) is 0 Å². The number of benzene rings is 2. The quantitative estimate of drug-likeness (QED) is 0.855. The molecular weight excluding hydrogens is 352 g/mol. The van der Waals surface area contributed by atoms with Crippen molar-refractivity contribution in [2.75, 3.05) is 24.5 Å². The summed E-state index contributed by atoms with van der Waals surface area (Å²) in [6.07, 6.45) is 6.50. The van der Waals surface area contributed by atoms with Crippen molar-refractivity contribution in [3.63, 3.8) is 0 Å². The van der Waals surface area contributed by atoms with E-state index in [4.69, 9.17) is 5.11 Å². The molecule has 0 unspecified atom stereocenters. The fourth-order valence-electron chi connectivity index (χ4n) is 4.22. The molecule has 1 saturated heterocycles. The number of nitrogens with zero attached hydrogens (tertiary/aromatic N) is 2. The zero-order valence-electron chi connectivity index (χ0n) is 16.1. The number of carboxylic acids is 1. The average Bonchev–Trinajstić information content (AvgIpc) is 2.96. The number of likely N-dealkylation sites (tertiary alicyclic amines) is 1. The van der Waals surface area contributed by atoms with Crippen LogP contribution >= 0.6 is 0 Å². The molecule has 0 atom stereocenters. The summed E-state index contributed by atoms with van der Waals surface area (Å²) in [4.78, 5) is 28.2. The van der Waals surface area contributed by atoms with E-state index in [2.05, 4.69) is 17.0 Å². The average molecular weight is 378 g/mol. The lowest BCUT2D eigenvalue weighted by Crippen LogP contribution is -2.35. The van der Waals surface area contributed by atoms with Crippen molar-refractivity contribution in [1.82, 2.24) is 4.90 Å². The van der Waals surface area contributed by atoms with E-state index in [1.165, 1.54) is 12.0 Å². The van der Waals surface area contributed by atoms with Crippen LogP contribution in [0.1, 0.15) is 58.4 Å². The van der Waals surface area contributed by atoms with Crippen LogP contribution in [0.5, 0.6) is 0 Å². The van der Waals surface area contributed by atoms with Gasteiger partial charge in [0.1, 0.15) is 0 Å². The third-order valence-corrected chi connectivity index (χ3v) is 5.76. The van der Waals surface area contributed by atoms with Crippen LogP contribution < -0.4 is 4.90 Å². The number of hydrogen-bond acceptors (Lipinski definition) is 3. The first-order valence-electron chi connectivity index (χ1n) is 10.2. The van der Waals surface area contributed by atoms with Gasteiger partial charge in [0.15, 0.2) is 0 Å². The Balaban J connectivity index is 1.63. The molecule has 2 aromatic carbocycles. The van der Waals surface area contributed by atoms with Crippen molar-refractivity contribution in [3.8, 4) is 0 Å². The highest BCUT2D eigenvalue weighted by molar-refractivity contribution is 5.95. The zero-order chi connectivity index (χ0) is 19.5. The van der Waals surface area contributed by atoms with Gasteiger partial charge in [-0.3, -0.25) is 4.79 Å². The lowest BCUT2D eigenvalue weighted by Gasteiger charge is -2.28. The van der Waals surface area contributed by atoms with Crippen LogP contribution in [0.4, 0.5) is 11.4 Å². The molecule has 1 N–H and O–H groups in total. The van der Waals surface area contributed by atoms with Gasteiger partial charge >= 0.3 is 5.97 Å². The summed E-state index contributed by atoms with van der Waals surface area (Å²) in [5, 5.41) is 9.13. The summed E-state index contributed by atoms with van der Waals surface area (Å²) < 4.78 is 0. The first kappa shape index (κ1) is 18.5. The molecule has 0 aliphatic carbocycles. The lowest BCUT2D eigenvalue weighted by atomic mass is 10.0. The molecule has 1 amide bonds. The van der Waals surface area contributed by atoms with E-state index in [0.29, 0.717) is 5.56 Å². The number of rotatable bonds is 3. The highest BCUT2D eigenvalue weighted by atomic mass is 16.4. The number of fused-ring (bicyclic) bond motifs is 1. The normalized spacial score (nSPS) is 17.0. The van der Waals surface area contributed by atoms with Crippen LogP contribution in [0.15, 0.2) is 42.5 Å². The van der Waals surface area contributed by atoms with E-state index < -0.39 is 5.97 Å². The first-order valence-corrected chi connectivity index (χ1v) is 10.2. The number of carbonyl (C=O) groups excluding carboxylic acids is 1. The van der Waals surface area contributed by atoms with Gasteiger partial charge in [-0.1, -0.05) is 0 Å². The number of amides is 1. The lowest BCUT2D eigenvalue weighted by molar-refractivity contribution is 0.0694. The third-order valence-electron chi connectivity index (χ3n) is 5.76. The van der Waals surface area contributed by atoms with Crippen molar-refractivity contribution >= 4 is 23.3 Å². The first-order chi connectivity index (χ1) is 13.6. The van der Waals surface area contributed by atoms with E-state index in [-0.39, 0.29) is 5.91 Å². The number of aryl methyl sites for hydroxylation is 1. The molecule has 146 valence electrons. The van der Waals surface area contributed by atoms with E-state index in [1.54, 1.807) is 12.1 Å². The number of anilines is 2. The molecule has 28 heavy (non-hydrogen) atoms. The molecule has 0 spiro atoms. The maximum atomic E-state index is 12.9. The second-order valence-corrected chi connectivity index (χ2v) is 7.66. The fourth-order valence-corrected chi connectivity index (χ4v) is 4.22. The Kier molecular flexibility index (Phi) is 5.33. The molecule has 0 aromatic heterocycles. The van der Waals surface area contributed by atoms with Crippen LogP contribution in [-0.2, 0) is 6.42 Å². The molecule has 5 heteroatoms. The molecule has 5 nitrogen and oxygen atoms in total. The van der Waals surface area contributed by atoms with Crippen molar-refractivity contribution < 1.29 is 14.7 Å². The minimum Gasteiger partial charge on any atom is -0.478 e. The van der Waals surface area contributed by atoms with Gasteiger partial charge in [0.05, 0.1) is 5.56 Å². The molecule has 2 aliphatic rings. The second-order valence-electron chi connectivity index (χ2n) is 7.66. The Bertz CT molecular complexity index is 870. The predicted molar refractivity (Wildman–Crippen MR) is 110 cm³/mol. The molecular formula is C23H26N2O3. The standard InChI is InChI=1S/C23H26N2O3/c26-22(24-13-3-1-4-14-24)19-9-12-21-18(16-19)6-2-5-15-25(21)20-10-7-17(8-11-20)23(27)28/h7-12,16H,1-6,13-15H2,(H,27,28). The molecule has 2 aromatic rings. The molecule has 0 bridgehead atoms. The summed E-state index contributed by atoms with van der Waals surface area (Å²) >= 11 is 0. The smallest absolute Gasteiger partial charge is 0.335 e. The van der Waals surface area contributed by atoms with Crippen molar-refractivity contribution in [2.24, 2.45) is 0 Å². The minimum atomic E-state index is -0.913. The second kappa shape index (κ2) is 8.05. The number of carboxylic acid groups (broad SMARTS) is 1. The number of hydrogen-bond donors (Lipinski definition) is 1. The maximum absolute atomic E-state index is 12.9. The van der Waals surface area contributed by atoms with E-state index >= 15 is 0 Å². The van der Waals surface area contributed by atoms with Gasteiger partial charge in [0, 0.05) is 36.6 Å². The van der Waals surface area contributed by atoms with E-state index in [0.717, 1.165) is 68.7 Å². The van der Waals surface area contributed by atoms with Gasteiger partial charge in [-0.05, 0) is 86.6 Å². The van der Waals surface area contributed by atoms with Crippen molar-refractivity contribution in [2.45, 2.75) is 38.5 Å². The highest BCUT2D eigenvalue weighted by Gasteiger charge is 2.22. The summed E-state index contributed by atoms with van der Waals surface area (Å²) in [6, 6.07) is 13.1. The Labute approximate surface area is 165 Å². The van der Waals surface area contributed by atoms with Gasteiger partial charge in [-0.15, -0.1) is 0 Å². The minimum absolute atomic E-state index is 0.143. The molecule has 0 saturated carbocycles. The predicted octanol–water partition coefficient (Wildman–Crippen LogP) is 4.49. The summed E-state index contributed by atoms with van der Waals surface area (Å²) in [5.41, 5.74) is 4.38. The molecule has 0 radical (unpaired) electrons. The Morgan fingerprint density at radius 1 is 0.786 bits per heavy atom. The number of carbonyl (C=O) groups is 2. The Morgan fingerprint density at radius 3 is 2.18 bits per heavy atom. The van der Waals surface area contributed by atoms with Gasteiger partial charge in [-0.25, -0.2) is 4.79 Å². The van der Waals surface area contributed by atoms with Crippen LogP contribution in [-0.4, -0.2) is 41.5 Å². The van der Waals surface area contributed by atoms with E-state index in [1.807, 2.05) is 23.1 Å². The van der Waals surface area contributed by atoms with Gasteiger partial charge in [-0.2, -0.15) is 0 Å². The summed E-state index contributed by atoms with van der Waals surface area (Å²) in [5.74, 6) is -0.771. The largest absolute Gasteiger partial charge is 0.478 e. The SMILES string of the molecule is O=C(O)c1ccc(N2CCCCc3cc(C(=O)N4CCCCC4)ccc32)cc1. The summed E-state index contributed by atoms with van der Waals surface area (Å²) in [6.45, 7) is 2.61. The molecule has 2 heterocycles. The Morgan fingerprint density at radius 2 is 1.46 bits per heavy atom. The van der Waals surface area contributed by atoms with Crippen LogP contribution in [0.25, 0.3) is 0 Å². The highest BCUT2D eigenvalue weighted by Crippen LogP contribution is 2.34. The van der Waals surface area contributed by atoms with Gasteiger partial charge in [0.2, 0.25) is 0 Å². The van der Waals surface area contributed by atoms with E-state index in [9.17, 15) is 9.59 Å². The topological polar surface area (TPSA) is 60.9 Å². The van der Waals surface area contributed by atoms with Crippen LogP contribution in [0.2, 0.25) is 0 Å². The zero-order valence-corrected chi connectivity index (χ0v) is 16.1. The van der Waals surface area contributed by atoms with Gasteiger partial charge in [0.25, 0.3) is 5.91 Å². The van der Waals surface area contributed by atoms with Gasteiger partial charge < -0.3 is 14.9 Å². The fraction of sp³-hybridized carbons (Fsp3) is 0.391. The molecule has 1 fully saturated rings. The number of piperidine rings is 1. The molecule has 2 aliphatic heterocycles. The third kappa shape index (κ3) is 3.75. The summed E-state index contributed by atoms with van der Waals surface area (Å²) in [7, 11) is 0. The molecule has 4 rings (SSSR count). The Hall–Kier alpha value is -2.82. The van der Waals surface area contributed by atoms with Crippen LogP contribution in [0.3, 0.4) is 0 Å². The van der Waals surface area contributed by atoms with Crippen LogP contribution in [0, 0.1) is 0 Å². The maximum Gasteiger partial charge on any atom is 0.335 e.